The van der Waals surface area contributed by atoms with Gasteiger partial charge in [-0.15, -0.1) is 0 Å². The molecule has 0 amide bonds. The molecular formula is C15H21NO. The van der Waals surface area contributed by atoms with E-state index in [2.05, 4.69) is 31.2 Å². The second-order valence-corrected chi connectivity index (χ2v) is 5.72. The normalized spacial score (nSPS) is 25.4. The lowest BCUT2D eigenvalue weighted by atomic mass is 9.88. The van der Waals surface area contributed by atoms with E-state index in [1.165, 1.54) is 24.0 Å². The van der Waals surface area contributed by atoms with Gasteiger partial charge in [0, 0.05) is 18.6 Å². The fourth-order valence-electron chi connectivity index (χ4n) is 2.97. The Kier molecular flexibility index (Phi) is 2.36. The highest BCUT2D eigenvalue weighted by Crippen LogP contribution is 2.52. The number of nitrogens with two attached hydrogens (primary N) is 1. The first-order valence-corrected chi connectivity index (χ1v) is 6.55. The van der Waals surface area contributed by atoms with E-state index in [0.29, 0.717) is 0 Å². The van der Waals surface area contributed by atoms with Crippen molar-refractivity contribution in [1.82, 2.24) is 0 Å². The average Bonchev–Trinajstić information content (AvgIpc) is 3.23. The van der Waals surface area contributed by atoms with Crippen LogP contribution in [0.3, 0.4) is 0 Å². The van der Waals surface area contributed by atoms with Gasteiger partial charge in [-0.25, -0.2) is 0 Å². The molecule has 0 heterocycles. The average molecular weight is 231 g/mol. The minimum Gasteiger partial charge on any atom is -0.374 e. The Morgan fingerprint density at radius 2 is 1.59 bits per heavy atom. The molecule has 17 heavy (non-hydrogen) atoms. The van der Waals surface area contributed by atoms with Crippen molar-refractivity contribution in [3.05, 3.63) is 35.4 Å². The highest BCUT2D eigenvalue weighted by atomic mass is 16.5. The van der Waals surface area contributed by atoms with Crippen molar-refractivity contribution >= 4 is 0 Å². The number of rotatable bonds is 4. The van der Waals surface area contributed by atoms with E-state index < -0.39 is 0 Å². The fourth-order valence-corrected chi connectivity index (χ4v) is 2.97. The minimum atomic E-state index is 0.0313. The molecule has 0 aliphatic heterocycles. The van der Waals surface area contributed by atoms with Crippen molar-refractivity contribution in [2.45, 2.75) is 49.7 Å². The molecule has 2 fully saturated rings. The van der Waals surface area contributed by atoms with Crippen LogP contribution < -0.4 is 5.73 Å². The predicted molar refractivity (Wildman–Crippen MR) is 68.9 cm³/mol. The molecule has 2 saturated carbocycles. The summed E-state index contributed by atoms with van der Waals surface area (Å²) in [5.74, 6) is 0. The van der Waals surface area contributed by atoms with Gasteiger partial charge in [0.2, 0.25) is 0 Å². The van der Waals surface area contributed by atoms with Gasteiger partial charge in [0.05, 0.1) is 5.60 Å². The number of hydrogen-bond donors (Lipinski definition) is 1. The van der Waals surface area contributed by atoms with Crippen LogP contribution in [0.2, 0.25) is 0 Å². The van der Waals surface area contributed by atoms with Crippen LogP contribution in [-0.4, -0.2) is 13.2 Å². The summed E-state index contributed by atoms with van der Waals surface area (Å²) in [5.41, 5.74) is 9.13. The third-order valence-electron chi connectivity index (χ3n) is 4.74. The summed E-state index contributed by atoms with van der Waals surface area (Å²) in [4.78, 5) is 0. The highest BCUT2D eigenvalue weighted by Gasteiger charge is 2.48. The lowest BCUT2D eigenvalue weighted by molar-refractivity contribution is 0.0789. The van der Waals surface area contributed by atoms with Gasteiger partial charge >= 0.3 is 0 Å². The summed E-state index contributed by atoms with van der Waals surface area (Å²) >= 11 is 0. The number of hydrogen-bond acceptors (Lipinski definition) is 2. The summed E-state index contributed by atoms with van der Waals surface area (Å²) < 4.78 is 5.60. The van der Waals surface area contributed by atoms with Gasteiger partial charge in [0.25, 0.3) is 0 Å². The predicted octanol–water partition coefficient (Wildman–Crippen LogP) is 2.70. The Hall–Kier alpha value is -0.860. The first kappa shape index (κ1) is 11.2. The van der Waals surface area contributed by atoms with Crippen molar-refractivity contribution in [1.29, 1.82) is 0 Å². The van der Waals surface area contributed by atoms with Gasteiger partial charge in [0.15, 0.2) is 0 Å². The van der Waals surface area contributed by atoms with Gasteiger partial charge in [-0.3, -0.25) is 0 Å². The third-order valence-corrected chi connectivity index (χ3v) is 4.74. The second kappa shape index (κ2) is 3.56. The van der Waals surface area contributed by atoms with Crippen molar-refractivity contribution in [2.75, 3.05) is 7.11 Å². The smallest absolute Gasteiger partial charge is 0.0929 e. The van der Waals surface area contributed by atoms with Gasteiger partial charge in [-0.2, -0.15) is 0 Å². The maximum Gasteiger partial charge on any atom is 0.0929 e. The molecule has 0 aromatic heterocycles. The van der Waals surface area contributed by atoms with E-state index >= 15 is 0 Å². The van der Waals surface area contributed by atoms with Crippen LogP contribution in [0.1, 0.15) is 43.7 Å². The quantitative estimate of drug-likeness (QED) is 0.864. The van der Waals surface area contributed by atoms with E-state index in [0.717, 1.165) is 12.8 Å². The van der Waals surface area contributed by atoms with Gasteiger partial charge in [-0.1, -0.05) is 24.3 Å². The Bertz CT molecular complexity index is 413. The number of methoxy groups -OCH3 is 1. The van der Waals surface area contributed by atoms with Crippen LogP contribution in [0.25, 0.3) is 0 Å². The molecule has 2 N–H and O–H groups in total. The molecule has 0 radical (unpaired) electrons. The standard InChI is InChI=1S/C15H21NO/c1-11(16)14(7-8-14)12-3-5-13(6-4-12)15(17-2)9-10-15/h3-6,11H,7-10,16H2,1-2H3. The molecule has 2 nitrogen and oxygen atoms in total. The fraction of sp³-hybridized carbons (Fsp3) is 0.600. The zero-order valence-electron chi connectivity index (χ0n) is 10.7. The summed E-state index contributed by atoms with van der Waals surface area (Å²) in [6.07, 6.45) is 4.78. The largest absolute Gasteiger partial charge is 0.374 e. The van der Waals surface area contributed by atoms with Crippen LogP contribution in [0.4, 0.5) is 0 Å². The van der Waals surface area contributed by atoms with E-state index in [1.54, 1.807) is 0 Å². The first-order valence-electron chi connectivity index (χ1n) is 6.55. The molecule has 1 aromatic rings. The van der Waals surface area contributed by atoms with Gasteiger partial charge in [0.1, 0.15) is 0 Å². The molecule has 1 unspecified atom stereocenters. The minimum absolute atomic E-state index is 0.0313. The SMILES string of the molecule is COC1(c2ccc(C3(C(C)N)CC3)cc2)CC1. The lowest BCUT2D eigenvalue weighted by Crippen LogP contribution is -2.31. The highest BCUT2D eigenvalue weighted by molar-refractivity contribution is 5.38. The zero-order valence-corrected chi connectivity index (χ0v) is 10.7. The Morgan fingerprint density at radius 1 is 1.06 bits per heavy atom. The molecule has 1 aromatic carbocycles. The molecule has 1 atom stereocenters. The van der Waals surface area contributed by atoms with E-state index in [4.69, 9.17) is 10.5 Å². The molecule has 92 valence electrons. The third kappa shape index (κ3) is 1.62. The maximum absolute atomic E-state index is 6.10. The summed E-state index contributed by atoms with van der Waals surface area (Å²) in [7, 11) is 1.81. The topological polar surface area (TPSA) is 35.2 Å². The monoisotopic (exact) mass is 231 g/mol. The van der Waals surface area contributed by atoms with Crippen LogP contribution in [0.15, 0.2) is 24.3 Å². The maximum atomic E-state index is 6.10. The summed E-state index contributed by atoms with van der Waals surface area (Å²) in [5, 5.41) is 0. The Morgan fingerprint density at radius 3 is 1.94 bits per heavy atom. The lowest BCUT2D eigenvalue weighted by Gasteiger charge is -2.21. The van der Waals surface area contributed by atoms with Crippen molar-refractivity contribution < 1.29 is 4.74 Å². The summed E-state index contributed by atoms with van der Waals surface area (Å²) in [6, 6.07) is 9.23. The molecule has 0 bridgehead atoms. The molecule has 2 aliphatic rings. The summed E-state index contributed by atoms with van der Waals surface area (Å²) in [6.45, 7) is 2.12. The van der Waals surface area contributed by atoms with Crippen LogP contribution in [-0.2, 0) is 15.8 Å². The molecule has 2 heteroatoms. The second-order valence-electron chi connectivity index (χ2n) is 5.72. The first-order chi connectivity index (χ1) is 8.13. The molecule has 0 spiro atoms. The van der Waals surface area contributed by atoms with Crippen molar-refractivity contribution in [2.24, 2.45) is 5.73 Å². The van der Waals surface area contributed by atoms with Gasteiger partial charge in [-0.05, 0) is 43.7 Å². The Labute approximate surface area is 103 Å². The molecule has 3 rings (SSSR count). The molecule has 2 aliphatic carbocycles. The number of ether oxygens (including phenoxy) is 1. The Balaban J connectivity index is 1.86. The molecule has 0 saturated heterocycles. The van der Waals surface area contributed by atoms with Crippen LogP contribution in [0.5, 0.6) is 0 Å². The van der Waals surface area contributed by atoms with Crippen molar-refractivity contribution in [3.8, 4) is 0 Å². The van der Waals surface area contributed by atoms with Crippen LogP contribution in [0, 0.1) is 0 Å². The zero-order chi connectivity index (χ0) is 12.1. The van der Waals surface area contributed by atoms with Gasteiger partial charge < -0.3 is 10.5 Å². The van der Waals surface area contributed by atoms with Crippen molar-refractivity contribution in [3.63, 3.8) is 0 Å². The van der Waals surface area contributed by atoms with E-state index in [9.17, 15) is 0 Å². The number of benzene rings is 1. The molecular weight excluding hydrogens is 210 g/mol. The van der Waals surface area contributed by atoms with E-state index in [1.807, 2.05) is 7.11 Å². The van der Waals surface area contributed by atoms with Crippen LogP contribution >= 0.6 is 0 Å². The van der Waals surface area contributed by atoms with E-state index in [-0.39, 0.29) is 17.1 Å².